The van der Waals surface area contributed by atoms with Crippen molar-refractivity contribution in [2.75, 3.05) is 0 Å². The van der Waals surface area contributed by atoms with E-state index >= 15 is 0 Å². The summed E-state index contributed by atoms with van der Waals surface area (Å²) >= 11 is 0. The molecule has 0 radical (unpaired) electrons. The second-order valence-corrected chi connectivity index (χ2v) is 5.63. The Morgan fingerprint density at radius 2 is 1.86 bits per heavy atom. The lowest BCUT2D eigenvalue weighted by atomic mass is 10.0. The van der Waals surface area contributed by atoms with Gasteiger partial charge in [0.2, 0.25) is 11.8 Å². The average Bonchev–Trinajstić information content (AvgIpc) is 2.43. The fraction of sp³-hybridized carbons (Fsp3) is 0.500. The van der Waals surface area contributed by atoms with Crippen LogP contribution in [0.1, 0.15) is 32.3 Å². The number of aliphatic hydroxyl groups is 1. The van der Waals surface area contributed by atoms with Gasteiger partial charge in [-0.3, -0.25) is 9.59 Å². The maximum Gasteiger partial charge on any atom is 0.249 e. The maximum absolute atomic E-state index is 11.8. The molecule has 21 heavy (non-hydrogen) atoms. The molecule has 116 valence electrons. The Kier molecular flexibility index (Phi) is 6.88. The van der Waals surface area contributed by atoms with Crippen LogP contribution in [0, 0.1) is 5.92 Å². The number of aliphatic hydroxyl groups excluding tert-OH is 1. The fourth-order valence-electron chi connectivity index (χ4n) is 2.06. The van der Waals surface area contributed by atoms with E-state index in [-0.39, 0.29) is 5.92 Å². The minimum atomic E-state index is -1.11. The molecule has 0 aliphatic carbocycles. The Morgan fingerprint density at radius 1 is 1.24 bits per heavy atom. The van der Waals surface area contributed by atoms with E-state index in [1.165, 1.54) is 0 Å². The summed E-state index contributed by atoms with van der Waals surface area (Å²) in [6, 6.07) is 8.89. The van der Waals surface area contributed by atoms with Crippen LogP contribution in [0.3, 0.4) is 0 Å². The number of amides is 2. The summed E-state index contributed by atoms with van der Waals surface area (Å²) in [6.07, 6.45) is 0.299. The first kappa shape index (κ1) is 17.2. The van der Waals surface area contributed by atoms with Gasteiger partial charge in [0.05, 0.1) is 0 Å². The monoisotopic (exact) mass is 292 g/mol. The topological polar surface area (TPSA) is 92.4 Å². The highest BCUT2D eigenvalue weighted by Crippen LogP contribution is 2.07. The Labute approximate surface area is 125 Å². The van der Waals surface area contributed by atoms with Crippen molar-refractivity contribution in [3.63, 3.8) is 0 Å². The molecule has 0 fully saturated rings. The third-order valence-corrected chi connectivity index (χ3v) is 3.22. The van der Waals surface area contributed by atoms with Crippen molar-refractivity contribution in [1.82, 2.24) is 5.32 Å². The van der Waals surface area contributed by atoms with E-state index in [9.17, 15) is 14.7 Å². The fourth-order valence-corrected chi connectivity index (χ4v) is 2.06. The second kappa shape index (κ2) is 8.42. The molecule has 5 heteroatoms. The molecule has 1 aromatic rings. The molecule has 0 aliphatic heterocycles. The molecule has 0 heterocycles. The van der Waals surface area contributed by atoms with Crippen molar-refractivity contribution in [1.29, 1.82) is 0 Å². The minimum absolute atomic E-state index is 0.196. The van der Waals surface area contributed by atoms with E-state index < -0.39 is 24.0 Å². The van der Waals surface area contributed by atoms with Crippen LogP contribution in [0.2, 0.25) is 0 Å². The van der Waals surface area contributed by atoms with Gasteiger partial charge in [0, 0.05) is 0 Å². The molecule has 0 unspecified atom stereocenters. The number of nitrogens with two attached hydrogens (primary N) is 1. The van der Waals surface area contributed by atoms with Crippen LogP contribution in [-0.2, 0) is 16.0 Å². The molecule has 0 saturated carbocycles. The zero-order valence-electron chi connectivity index (χ0n) is 12.6. The van der Waals surface area contributed by atoms with Crippen LogP contribution >= 0.6 is 0 Å². The predicted molar refractivity (Wildman–Crippen MR) is 81.3 cm³/mol. The molecule has 1 rings (SSSR count). The van der Waals surface area contributed by atoms with E-state index in [1.54, 1.807) is 0 Å². The predicted octanol–water partition coefficient (Wildman–Crippen LogP) is 0.996. The highest BCUT2D eigenvalue weighted by molar-refractivity contribution is 5.88. The van der Waals surface area contributed by atoms with E-state index in [4.69, 9.17) is 5.73 Å². The normalized spacial score (nSPS) is 13.7. The first-order chi connectivity index (χ1) is 9.90. The molecular weight excluding hydrogens is 268 g/mol. The van der Waals surface area contributed by atoms with E-state index in [0.29, 0.717) is 19.3 Å². The van der Waals surface area contributed by atoms with Crippen LogP contribution in [0.15, 0.2) is 30.3 Å². The standard InChI is InChI=1S/C16H24N2O3/c1-11(2)10-14(19)16(21)18-13(15(17)20)9-8-12-6-4-3-5-7-12/h3-7,11,13-14,19H,8-10H2,1-2H3,(H2,17,20)(H,18,21)/t13-,14-/m0/s1. The highest BCUT2D eigenvalue weighted by Gasteiger charge is 2.23. The smallest absolute Gasteiger partial charge is 0.249 e. The van der Waals surface area contributed by atoms with E-state index in [0.717, 1.165) is 5.56 Å². The zero-order chi connectivity index (χ0) is 15.8. The minimum Gasteiger partial charge on any atom is -0.383 e. The van der Waals surface area contributed by atoms with Gasteiger partial charge >= 0.3 is 0 Å². The summed E-state index contributed by atoms with van der Waals surface area (Å²) in [5, 5.41) is 12.3. The summed E-state index contributed by atoms with van der Waals surface area (Å²) < 4.78 is 0. The van der Waals surface area contributed by atoms with Crippen molar-refractivity contribution in [3.8, 4) is 0 Å². The molecule has 2 amide bonds. The van der Waals surface area contributed by atoms with Crippen LogP contribution in [-0.4, -0.2) is 29.1 Å². The Morgan fingerprint density at radius 3 is 2.38 bits per heavy atom. The first-order valence-corrected chi connectivity index (χ1v) is 7.21. The SMILES string of the molecule is CC(C)C[C@H](O)C(=O)N[C@@H](CCc1ccccc1)C(N)=O. The molecule has 0 spiro atoms. The summed E-state index contributed by atoms with van der Waals surface area (Å²) in [7, 11) is 0. The van der Waals surface area contributed by atoms with Crippen LogP contribution in [0.5, 0.6) is 0 Å². The van der Waals surface area contributed by atoms with Crippen LogP contribution in [0.25, 0.3) is 0 Å². The molecule has 0 aromatic heterocycles. The molecule has 0 aliphatic rings. The summed E-state index contributed by atoms with van der Waals surface area (Å²) in [6.45, 7) is 3.83. The lowest BCUT2D eigenvalue weighted by Crippen LogP contribution is -2.48. The number of hydrogen-bond donors (Lipinski definition) is 3. The third-order valence-electron chi connectivity index (χ3n) is 3.22. The first-order valence-electron chi connectivity index (χ1n) is 7.21. The molecule has 0 saturated heterocycles. The quantitative estimate of drug-likeness (QED) is 0.667. The molecule has 5 nitrogen and oxygen atoms in total. The van der Waals surface area contributed by atoms with Gasteiger partial charge in [0.1, 0.15) is 12.1 Å². The van der Waals surface area contributed by atoms with Gasteiger partial charge in [-0.25, -0.2) is 0 Å². The third kappa shape index (κ3) is 6.40. The maximum atomic E-state index is 11.8. The van der Waals surface area contributed by atoms with Gasteiger partial charge in [-0.05, 0) is 30.7 Å². The number of hydrogen-bond acceptors (Lipinski definition) is 3. The van der Waals surface area contributed by atoms with Crippen molar-refractivity contribution in [3.05, 3.63) is 35.9 Å². The second-order valence-electron chi connectivity index (χ2n) is 5.63. The number of aryl methyl sites for hydroxylation is 1. The van der Waals surface area contributed by atoms with E-state index in [2.05, 4.69) is 5.32 Å². The number of nitrogens with one attached hydrogen (secondary N) is 1. The van der Waals surface area contributed by atoms with E-state index in [1.807, 2.05) is 44.2 Å². The molecule has 0 bridgehead atoms. The van der Waals surface area contributed by atoms with Gasteiger partial charge in [-0.15, -0.1) is 0 Å². The van der Waals surface area contributed by atoms with Gasteiger partial charge in [-0.2, -0.15) is 0 Å². The van der Waals surface area contributed by atoms with Crippen LogP contribution < -0.4 is 11.1 Å². The lowest BCUT2D eigenvalue weighted by molar-refractivity contribution is -0.133. The van der Waals surface area contributed by atoms with Crippen molar-refractivity contribution in [2.24, 2.45) is 11.7 Å². The Bertz CT molecular complexity index is 460. The van der Waals surface area contributed by atoms with Gasteiger partial charge < -0.3 is 16.2 Å². The number of primary amides is 1. The zero-order valence-corrected chi connectivity index (χ0v) is 12.6. The molecule has 1 aromatic carbocycles. The number of carbonyl (C=O) groups is 2. The van der Waals surface area contributed by atoms with Crippen molar-refractivity contribution in [2.45, 2.75) is 45.3 Å². The van der Waals surface area contributed by atoms with Crippen molar-refractivity contribution >= 4 is 11.8 Å². The highest BCUT2D eigenvalue weighted by atomic mass is 16.3. The summed E-state index contributed by atoms with van der Waals surface area (Å²) in [4.78, 5) is 23.3. The Hall–Kier alpha value is -1.88. The number of benzene rings is 1. The largest absolute Gasteiger partial charge is 0.383 e. The van der Waals surface area contributed by atoms with Crippen LogP contribution in [0.4, 0.5) is 0 Å². The lowest BCUT2D eigenvalue weighted by Gasteiger charge is -2.19. The molecule has 4 N–H and O–H groups in total. The average molecular weight is 292 g/mol. The number of rotatable bonds is 8. The van der Waals surface area contributed by atoms with Gasteiger partial charge in [0.15, 0.2) is 0 Å². The summed E-state index contributed by atoms with van der Waals surface area (Å²) in [5.41, 5.74) is 6.39. The van der Waals surface area contributed by atoms with Gasteiger partial charge in [0.25, 0.3) is 0 Å². The Balaban J connectivity index is 2.54. The van der Waals surface area contributed by atoms with Gasteiger partial charge in [-0.1, -0.05) is 44.2 Å². The summed E-state index contributed by atoms with van der Waals surface area (Å²) in [5.74, 6) is -0.932. The van der Waals surface area contributed by atoms with Crippen molar-refractivity contribution < 1.29 is 14.7 Å². The number of carbonyl (C=O) groups excluding carboxylic acids is 2. The molecular formula is C16H24N2O3. The molecule has 2 atom stereocenters.